The Morgan fingerprint density at radius 2 is 2.09 bits per heavy atom. The van der Waals surface area contributed by atoms with Crippen molar-refractivity contribution in [3.05, 3.63) is 0 Å². The predicted molar refractivity (Wildman–Crippen MR) is 51.5 cm³/mol. The molecule has 0 aliphatic carbocycles. The van der Waals surface area contributed by atoms with Gasteiger partial charge >= 0.3 is 0 Å². The van der Waals surface area contributed by atoms with Gasteiger partial charge in [-0.25, -0.2) is 0 Å². The second kappa shape index (κ2) is 8.60. The van der Waals surface area contributed by atoms with Gasteiger partial charge in [-0.1, -0.05) is 13.3 Å². The molecule has 0 aromatic carbocycles. The highest BCUT2D eigenvalue weighted by Gasteiger charge is 2.08. The van der Waals surface area contributed by atoms with Crippen LogP contribution in [0.3, 0.4) is 0 Å². The molecule has 2 unspecified atom stereocenters. The lowest BCUT2D eigenvalue weighted by Gasteiger charge is -2.13. The fourth-order valence-electron chi connectivity index (χ4n) is 0.587. The van der Waals surface area contributed by atoms with Gasteiger partial charge < -0.3 is 5.11 Å². The van der Waals surface area contributed by atoms with Crippen LogP contribution in [0.2, 0.25) is 0 Å². The molecule has 0 saturated carbocycles. The first kappa shape index (κ1) is 14.0. The second-order valence-corrected chi connectivity index (χ2v) is 2.92. The van der Waals surface area contributed by atoms with Gasteiger partial charge in [0.05, 0.1) is 6.10 Å². The van der Waals surface area contributed by atoms with Gasteiger partial charge in [-0.3, -0.25) is 5.32 Å². The summed E-state index contributed by atoms with van der Waals surface area (Å²) >= 11 is 5.69. The van der Waals surface area contributed by atoms with E-state index in [2.05, 4.69) is 12.2 Å². The molecule has 2 nitrogen and oxygen atoms in total. The lowest BCUT2D eigenvalue weighted by atomic mass is 10.3. The van der Waals surface area contributed by atoms with Crippen LogP contribution in [0.15, 0.2) is 0 Å². The lowest BCUT2D eigenvalue weighted by Crippen LogP contribution is -2.33. The van der Waals surface area contributed by atoms with E-state index in [0.29, 0.717) is 0 Å². The minimum absolute atomic E-state index is 0. The number of nitrogens with one attached hydrogen (secondary N) is 1. The zero-order chi connectivity index (χ0) is 7.98. The normalized spacial score (nSPS) is 15.3. The molecule has 0 spiro atoms. The van der Waals surface area contributed by atoms with E-state index in [1.165, 1.54) is 0 Å². The van der Waals surface area contributed by atoms with Crippen LogP contribution in [0.5, 0.6) is 0 Å². The van der Waals surface area contributed by atoms with Crippen LogP contribution < -0.4 is 5.32 Å². The Hall–Kier alpha value is 0.500. The Labute approximate surface area is 79.7 Å². The van der Waals surface area contributed by atoms with Gasteiger partial charge in [0.1, 0.15) is 5.50 Å². The average Bonchev–Trinajstić information content (AvgIpc) is 1.88. The monoisotopic (exact) mass is 201 g/mol. The first-order valence-corrected chi connectivity index (χ1v) is 4.17. The Kier molecular flexibility index (Phi) is 11.0. The first-order chi connectivity index (χ1) is 4.68. The Morgan fingerprint density at radius 3 is 2.45 bits per heavy atom. The summed E-state index contributed by atoms with van der Waals surface area (Å²) in [7, 11) is 0. The number of hydrogen-bond acceptors (Lipinski definition) is 2. The van der Waals surface area contributed by atoms with Gasteiger partial charge in [0.2, 0.25) is 0 Å². The average molecular weight is 202 g/mol. The van der Waals surface area contributed by atoms with Crippen molar-refractivity contribution in [1.29, 1.82) is 0 Å². The molecular weight excluding hydrogens is 185 g/mol. The second-order valence-electron chi connectivity index (χ2n) is 2.45. The van der Waals surface area contributed by atoms with Crippen molar-refractivity contribution in [2.45, 2.75) is 38.3 Å². The Bertz CT molecular complexity index is 80.8. The van der Waals surface area contributed by atoms with Crippen LogP contribution >= 0.6 is 24.0 Å². The predicted octanol–water partition coefficient (Wildman–Crippen LogP) is 1.74. The zero-order valence-electron chi connectivity index (χ0n) is 7.01. The van der Waals surface area contributed by atoms with Gasteiger partial charge in [0.25, 0.3) is 0 Å². The van der Waals surface area contributed by atoms with Crippen molar-refractivity contribution in [2.75, 3.05) is 6.54 Å². The molecule has 0 aliphatic rings. The number of aliphatic hydroxyl groups excluding tert-OH is 1. The van der Waals surface area contributed by atoms with Gasteiger partial charge in [0.15, 0.2) is 0 Å². The standard InChI is InChI=1S/C7H16ClNO.ClH/c1-3-4-5-9-7(8)6(2)10;/h6-7,9-10H,3-5H2,1-2H3;1H. The summed E-state index contributed by atoms with van der Waals surface area (Å²) < 4.78 is 0. The number of rotatable bonds is 5. The van der Waals surface area contributed by atoms with Crippen LogP contribution in [-0.2, 0) is 0 Å². The molecule has 0 fully saturated rings. The molecule has 11 heavy (non-hydrogen) atoms. The third-order valence-corrected chi connectivity index (χ3v) is 1.81. The lowest BCUT2D eigenvalue weighted by molar-refractivity contribution is 0.176. The van der Waals surface area contributed by atoms with Crippen molar-refractivity contribution in [3.8, 4) is 0 Å². The summed E-state index contributed by atoms with van der Waals surface area (Å²) in [5.74, 6) is 0. The molecule has 2 atom stereocenters. The van der Waals surface area contributed by atoms with Crippen LogP contribution in [0.1, 0.15) is 26.7 Å². The topological polar surface area (TPSA) is 32.3 Å². The molecule has 0 radical (unpaired) electrons. The SMILES string of the molecule is CCCCNC(Cl)C(C)O.Cl. The van der Waals surface area contributed by atoms with Crippen molar-refractivity contribution in [3.63, 3.8) is 0 Å². The van der Waals surface area contributed by atoms with Crippen LogP contribution in [0.25, 0.3) is 0 Å². The van der Waals surface area contributed by atoms with E-state index in [1.807, 2.05) is 0 Å². The van der Waals surface area contributed by atoms with Gasteiger partial charge in [-0.2, -0.15) is 0 Å². The summed E-state index contributed by atoms with van der Waals surface area (Å²) in [5, 5.41) is 11.9. The highest BCUT2D eigenvalue weighted by Crippen LogP contribution is 1.97. The molecule has 0 aliphatic heterocycles. The van der Waals surface area contributed by atoms with Crippen molar-refractivity contribution in [2.24, 2.45) is 0 Å². The van der Waals surface area contributed by atoms with Gasteiger partial charge in [-0.05, 0) is 19.9 Å². The molecule has 0 heterocycles. The number of alkyl halides is 1. The van der Waals surface area contributed by atoms with E-state index in [1.54, 1.807) is 6.92 Å². The maximum absolute atomic E-state index is 8.93. The van der Waals surface area contributed by atoms with Crippen LogP contribution in [0, 0.1) is 0 Å². The van der Waals surface area contributed by atoms with E-state index >= 15 is 0 Å². The molecule has 0 aromatic rings. The number of aliphatic hydroxyl groups is 1. The summed E-state index contributed by atoms with van der Waals surface area (Å²) in [6, 6.07) is 0. The molecule has 0 aromatic heterocycles. The molecule has 0 bridgehead atoms. The fraction of sp³-hybridized carbons (Fsp3) is 1.00. The molecule has 4 heteroatoms. The first-order valence-electron chi connectivity index (χ1n) is 3.74. The smallest absolute Gasteiger partial charge is 0.108 e. The van der Waals surface area contributed by atoms with E-state index < -0.39 is 6.10 Å². The fourth-order valence-corrected chi connectivity index (χ4v) is 0.696. The molecule has 0 saturated heterocycles. The van der Waals surface area contributed by atoms with E-state index in [0.717, 1.165) is 19.4 Å². The van der Waals surface area contributed by atoms with Crippen LogP contribution in [-0.4, -0.2) is 23.3 Å². The largest absolute Gasteiger partial charge is 0.390 e. The Balaban J connectivity index is 0. The number of halogens is 2. The van der Waals surface area contributed by atoms with E-state index in [4.69, 9.17) is 16.7 Å². The summed E-state index contributed by atoms with van der Waals surface area (Å²) in [6.45, 7) is 4.68. The van der Waals surface area contributed by atoms with Crippen LogP contribution in [0.4, 0.5) is 0 Å². The molecule has 70 valence electrons. The maximum Gasteiger partial charge on any atom is 0.108 e. The maximum atomic E-state index is 8.93. The molecule has 2 N–H and O–H groups in total. The molecular formula is C7H17Cl2NO. The van der Waals surface area contributed by atoms with Crippen molar-refractivity contribution in [1.82, 2.24) is 5.32 Å². The summed E-state index contributed by atoms with van der Waals surface area (Å²) in [5.41, 5.74) is -0.299. The molecule has 0 rings (SSSR count). The van der Waals surface area contributed by atoms with Crippen molar-refractivity contribution < 1.29 is 5.11 Å². The van der Waals surface area contributed by atoms with Gasteiger partial charge in [0, 0.05) is 0 Å². The number of unbranched alkanes of at least 4 members (excludes halogenated alkanes) is 1. The van der Waals surface area contributed by atoms with Crippen molar-refractivity contribution >= 4 is 24.0 Å². The highest BCUT2D eigenvalue weighted by molar-refractivity contribution is 6.20. The minimum atomic E-state index is -0.474. The Morgan fingerprint density at radius 1 is 1.55 bits per heavy atom. The highest BCUT2D eigenvalue weighted by atomic mass is 35.5. The van der Waals surface area contributed by atoms with E-state index in [9.17, 15) is 0 Å². The quantitative estimate of drug-likeness (QED) is 0.404. The summed E-state index contributed by atoms with van der Waals surface area (Å²) in [4.78, 5) is 0. The minimum Gasteiger partial charge on any atom is -0.390 e. The zero-order valence-corrected chi connectivity index (χ0v) is 8.58. The molecule has 0 amide bonds. The van der Waals surface area contributed by atoms with Gasteiger partial charge in [-0.15, -0.1) is 24.0 Å². The third-order valence-electron chi connectivity index (χ3n) is 1.29. The van der Waals surface area contributed by atoms with E-state index in [-0.39, 0.29) is 17.9 Å². The third kappa shape index (κ3) is 8.41. The number of hydrogen-bond donors (Lipinski definition) is 2. The summed E-state index contributed by atoms with van der Waals surface area (Å²) in [6.07, 6.45) is 1.78.